The fraction of sp³-hybridized carbons (Fsp3) is 0.476. The third-order valence-electron chi connectivity index (χ3n) is 5.86. The van der Waals surface area contributed by atoms with E-state index in [1.807, 2.05) is 9.80 Å². The molecule has 2 aromatic rings. The maximum absolute atomic E-state index is 14.4. The van der Waals surface area contributed by atoms with E-state index in [0.29, 0.717) is 31.7 Å². The SMILES string of the molecule is Nc1ncnc(N2CCCC(N3CCCCC(Nc4cc(F)cc(Cl)c4)C3=O)C2)c1F. The average molecular weight is 451 g/mol. The summed E-state index contributed by atoms with van der Waals surface area (Å²) in [5.74, 6) is -1.14. The van der Waals surface area contributed by atoms with Crippen LogP contribution in [0.2, 0.25) is 5.02 Å². The second-order valence-electron chi connectivity index (χ2n) is 8.02. The number of likely N-dealkylation sites (tertiary alicyclic amines) is 1. The summed E-state index contributed by atoms with van der Waals surface area (Å²) in [7, 11) is 0. The van der Waals surface area contributed by atoms with Crippen LogP contribution >= 0.6 is 11.6 Å². The molecule has 2 aliphatic heterocycles. The number of halogens is 3. The number of anilines is 3. The van der Waals surface area contributed by atoms with E-state index in [1.165, 1.54) is 18.5 Å². The van der Waals surface area contributed by atoms with Gasteiger partial charge in [-0.3, -0.25) is 4.79 Å². The average Bonchev–Trinajstić information content (AvgIpc) is 2.91. The van der Waals surface area contributed by atoms with Gasteiger partial charge in [0.25, 0.3) is 0 Å². The number of nitrogens with one attached hydrogen (secondary N) is 1. The Morgan fingerprint density at radius 2 is 1.94 bits per heavy atom. The zero-order valence-corrected chi connectivity index (χ0v) is 17.8. The van der Waals surface area contributed by atoms with E-state index in [2.05, 4.69) is 15.3 Å². The fourth-order valence-electron chi connectivity index (χ4n) is 4.39. The number of hydrogen-bond acceptors (Lipinski definition) is 6. The Kier molecular flexibility index (Phi) is 6.41. The number of hydrogen-bond donors (Lipinski definition) is 2. The number of amides is 1. The molecule has 4 rings (SSSR count). The Balaban J connectivity index is 1.51. The van der Waals surface area contributed by atoms with E-state index < -0.39 is 17.7 Å². The number of benzene rings is 1. The van der Waals surface area contributed by atoms with Gasteiger partial charge in [-0.1, -0.05) is 11.6 Å². The molecular weight excluding hydrogens is 426 g/mol. The summed E-state index contributed by atoms with van der Waals surface area (Å²) in [5, 5.41) is 3.43. The van der Waals surface area contributed by atoms with Gasteiger partial charge in [0.1, 0.15) is 18.2 Å². The molecule has 0 spiro atoms. The first-order valence-corrected chi connectivity index (χ1v) is 10.8. The fourth-order valence-corrected chi connectivity index (χ4v) is 4.62. The monoisotopic (exact) mass is 450 g/mol. The van der Waals surface area contributed by atoms with Gasteiger partial charge in [-0.2, -0.15) is 4.39 Å². The third kappa shape index (κ3) is 4.81. The number of aromatic nitrogens is 2. The van der Waals surface area contributed by atoms with Crippen LogP contribution in [0.5, 0.6) is 0 Å². The number of rotatable bonds is 4. The van der Waals surface area contributed by atoms with Crippen molar-refractivity contribution in [3.8, 4) is 0 Å². The summed E-state index contributed by atoms with van der Waals surface area (Å²) in [6, 6.07) is 3.62. The molecule has 7 nitrogen and oxygen atoms in total. The molecule has 0 radical (unpaired) electrons. The van der Waals surface area contributed by atoms with Gasteiger partial charge in [0, 0.05) is 36.4 Å². The van der Waals surface area contributed by atoms with Crippen molar-refractivity contribution in [2.45, 2.75) is 44.2 Å². The van der Waals surface area contributed by atoms with E-state index in [9.17, 15) is 13.6 Å². The molecule has 3 heterocycles. The summed E-state index contributed by atoms with van der Waals surface area (Å²) in [6.07, 6.45) is 5.27. The van der Waals surface area contributed by atoms with Crippen LogP contribution in [0.3, 0.4) is 0 Å². The van der Waals surface area contributed by atoms with Gasteiger partial charge in [0.15, 0.2) is 11.6 Å². The van der Waals surface area contributed by atoms with Crippen LogP contribution in [0.25, 0.3) is 0 Å². The van der Waals surface area contributed by atoms with Crippen molar-refractivity contribution < 1.29 is 13.6 Å². The zero-order chi connectivity index (χ0) is 22.0. The van der Waals surface area contributed by atoms with Crippen LogP contribution in [0.4, 0.5) is 26.1 Å². The van der Waals surface area contributed by atoms with Gasteiger partial charge < -0.3 is 20.9 Å². The van der Waals surface area contributed by atoms with Crippen LogP contribution in [0.1, 0.15) is 32.1 Å². The predicted molar refractivity (Wildman–Crippen MR) is 116 cm³/mol. The minimum absolute atomic E-state index is 0.0348. The Morgan fingerprint density at radius 1 is 1.10 bits per heavy atom. The van der Waals surface area contributed by atoms with E-state index in [0.717, 1.165) is 25.7 Å². The highest BCUT2D eigenvalue weighted by Gasteiger charge is 2.35. The number of nitrogens with zero attached hydrogens (tertiary/aromatic N) is 4. The lowest BCUT2D eigenvalue weighted by atomic mass is 10.0. The molecule has 0 saturated carbocycles. The van der Waals surface area contributed by atoms with Crippen LogP contribution < -0.4 is 16.0 Å². The molecule has 2 atom stereocenters. The molecular formula is C21H25ClF2N6O. The van der Waals surface area contributed by atoms with E-state index in [1.54, 1.807) is 6.07 Å². The van der Waals surface area contributed by atoms with Gasteiger partial charge >= 0.3 is 0 Å². The highest BCUT2D eigenvalue weighted by molar-refractivity contribution is 6.30. The molecule has 166 valence electrons. The lowest BCUT2D eigenvalue weighted by Crippen LogP contribution is -2.53. The van der Waals surface area contributed by atoms with Crippen LogP contribution in [0.15, 0.2) is 24.5 Å². The standard InChI is InChI=1S/C21H25ClF2N6O/c22-13-8-14(23)10-15(9-13)28-17-5-1-2-7-30(21(17)31)16-4-3-6-29(11-16)20-18(24)19(25)26-12-27-20/h8-10,12,16-17,28H,1-7,11H2,(H2,25,26,27). The van der Waals surface area contributed by atoms with Gasteiger partial charge in [0.2, 0.25) is 11.7 Å². The van der Waals surface area contributed by atoms with Gasteiger partial charge in [0.05, 0.1) is 0 Å². The number of nitrogen functional groups attached to an aromatic ring is 1. The van der Waals surface area contributed by atoms with Crippen LogP contribution in [-0.2, 0) is 4.79 Å². The van der Waals surface area contributed by atoms with E-state index >= 15 is 0 Å². The largest absolute Gasteiger partial charge is 0.381 e. The lowest BCUT2D eigenvalue weighted by molar-refractivity contribution is -0.134. The number of nitrogens with two attached hydrogens (primary N) is 1. The van der Waals surface area contributed by atoms with Crippen molar-refractivity contribution in [3.05, 3.63) is 41.2 Å². The Morgan fingerprint density at radius 3 is 2.74 bits per heavy atom. The highest BCUT2D eigenvalue weighted by Crippen LogP contribution is 2.28. The first kappa shape index (κ1) is 21.5. The molecule has 2 fully saturated rings. The minimum atomic E-state index is -0.632. The second kappa shape index (κ2) is 9.21. The molecule has 1 aromatic heterocycles. The molecule has 31 heavy (non-hydrogen) atoms. The molecule has 1 aromatic carbocycles. The Bertz CT molecular complexity index is 941. The molecule has 10 heteroatoms. The van der Waals surface area contributed by atoms with Crippen molar-refractivity contribution >= 4 is 34.8 Å². The number of carbonyl (C=O) groups is 1. The molecule has 0 bridgehead atoms. The molecule has 2 saturated heterocycles. The molecule has 0 aliphatic carbocycles. The topological polar surface area (TPSA) is 87.4 Å². The van der Waals surface area contributed by atoms with E-state index in [-0.39, 0.29) is 28.6 Å². The lowest BCUT2D eigenvalue weighted by Gasteiger charge is -2.40. The minimum Gasteiger partial charge on any atom is -0.381 e. The van der Waals surface area contributed by atoms with Crippen molar-refractivity contribution in [1.29, 1.82) is 0 Å². The maximum Gasteiger partial charge on any atom is 0.245 e. The molecule has 2 unspecified atom stereocenters. The van der Waals surface area contributed by atoms with Crippen molar-refractivity contribution in [1.82, 2.24) is 14.9 Å². The summed E-state index contributed by atoms with van der Waals surface area (Å²) < 4.78 is 28.2. The summed E-state index contributed by atoms with van der Waals surface area (Å²) in [6.45, 7) is 1.74. The highest BCUT2D eigenvalue weighted by atomic mass is 35.5. The molecule has 1 amide bonds. The zero-order valence-electron chi connectivity index (χ0n) is 17.0. The Hall–Kier alpha value is -2.68. The molecule has 3 N–H and O–H groups in total. The maximum atomic E-state index is 14.4. The summed E-state index contributed by atoms with van der Waals surface area (Å²) >= 11 is 5.95. The van der Waals surface area contributed by atoms with Crippen molar-refractivity contribution in [3.63, 3.8) is 0 Å². The van der Waals surface area contributed by atoms with Crippen LogP contribution in [0, 0.1) is 11.6 Å². The van der Waals surface area contributed by atoms with Gasteiger partial charge in [-0.05, 0) is 50.3 Å². The number of piperidine rings is 1. The van der Waals surface area contributed by atoms with E-state index in [4.69, 9.17) is 17.3 Å². The quantitative estimate of drug-likeness (QED) is 0.741. The smallest absolute Gasteiger partial charge is 0.245 e. The van der Waals surface area contributed by atoms with Crippen molar-refractivity contribution in [2.24, 2.45) is 0 Å². The predicted octanol–water partition coefficient (Wildman–Crippen LogP) is 3.45. The van der Waals surface area contributed by atoms with Crippen molar-refractivity contribution in [2.75, 3.05) is 35.6 Å². The van der Waals surface area contributed by atoms with Gasteiger partial charge in [-0.25, -0.2) is 14.4 Å². The van der Waals surface area contributed by atoms with Crippen LogP contribution in [-0.4, -0.2) is 52.5 Å². The third-order valence-corrected chi connectivity index (χ3v) is 6.08. The first-order valence-electron chi connectivity index (χ1n) is 10.5. The Labute approximate surface area is 184 Å². The normalized spacial score (nSPS) is 22.4. The summed E-state index contributed by atoms with van der Waals surface area (Å²) in [4.78, 5) is 24.8. The molecule has 2 aliphatic rings. The van der Waals surface area contributed by atoms with Gasteiger partial charge in [-0.15, -0.1) is 0 Å². The first-order chi connectivity index (χ1) is 14.9. The second-order valence-corrected chi connectivity index (χ2v) is 8.46. The summed E-state index contributed by atoms with van der Waals surface area (Å²) in [5.41, 5.74) is 6.08. The number of carbonyl (C=O) groups excluding carboxylic acids is 1.